The topological polar surface area (TPSA) is 61.4 Å². The Balaban J connectivity index is 1.44. The Kier molecular flexibility index (Phi) is 5.24. The van der Waals surface area contributed by atoms with Crippen LogP contribution in [0.4, 0.5) is 20.6 Å². The molecule has 1 aliphatic heterocycles. The number of halogens is 1. The van der Waals surface area contributed by atoms with Crippen molar-refractivity contribution >= 4 is 23.3 Å². The van der Waals surface area contributed by atoms with Crippen LogP contribution in [0.2, 0.25) is 0 Å². The van der Waals surface area contributed by atoms with Gasteiger partial charge in [0, 0.05) is 24.3 Å². The van der Waals surface area contributed by atoms with E-state index >= 15 is 0 Å². The van der Waals surface area contributed by atoms with Crippen LogP contribution in [-0.2, 0) is 13.0 Å². The molecule has 146 valence electrons. The molecule has 3 aromatic carbocycles. The van der Waals surface area contributed by atoms with Crippen LogP contribution in [0.15, 0.2) is 72.8 Å². The third kappa shape index (κ3) is 4.11. The van der Waals surface area contributed by atoms with Crippen LogP contribution < -0.4 is 15.5 Å². The standard InChI is InChI=1S/C23H20FN3O2/c24-19-8-4-5-9-20(19)26-23(29)25-15-16-10-11-17-12-13-27(21(17)14-16)22(28)18-6-2-1-3-7-18/h1-11,14H,12-13,15H2,(H2,25,26,29). The summed E-state index contributed by atoms with van der Waals surface area (Å²) in [5, 5.41) is 5.21. The average molecular weight is 389 g/mol. The summed E-state index contributed by atoms with van der Waals surface area (Å²) in [6.45, 7) is 0.897. The van der Waals surface area contributed by atoms with E-state index in [0.29, 0.717) is 12.1 Å². The number of rotatable bonds is 4. The van der Waals surface area contributed by atoms with Crippen LogP contribution in [0, 0.1) is 5.82 Å². The second kappa shape index (κ2) is 8.14. The highest BCUT2D eigenvalue weighted by Crippen LogP contribution is 2.30. The number of fused-ring (bicyclic) bond motifs is 1. The van der Waals surface area contributed by atoms with Crippen molar-refractivity contribution in [1.82, 2.24) is 5.32 Å². The number of carbonyl (C=O) groups is 2. The third-order valence-electron chi connectivity index (χ3n) is 4.89. The van der Waals surface area contributed by atoms with Gasteiger partial charge in [0.05, 0.1) is 5.69 Å². The van der Waals surface area contributed by atoms with E-state index in [1.165, 1.54) is 12.1 Å². The molecule has 0 saturated carbocycles. The molecule has 1 aliphatic rings. The minimum atomic E-state index is -0.493. The van der Waals surface area contributed by atoms with Gasteiger partial charge in [-0.2, -0.15) is 0 Å². The number of nitrogens with one attached hydrogen (secondary N) is 2. The van der Waals surface area contributed by atoms with Crippen LogP contribution in [0.25, 0.3) is 0 Å². The van der Waals surface area contributed by atoms with Gasteiger partial charge < -0.3 is 15.5 Å². The third-order valence-corrected chi connectivity index (χ3v) is 4.89. The lowest BCUT2D eigenvalue weighted by Crippen LogP contribution is -2.29. The first kappa shape index (κ1) is 18.7. The van der Waals surface area contributed by atoms with Crippen molar-refractivity contribution in [3.8, 4) is 0 Å². The molecule has 0 saturated heterocycles. The summed E-state index contributed by atoms with van der Waals surface area (Å²) in [5.74, 6) is -0.526. The Morgan fingerprint density at radius 3 is 2.52 bits per heavy atom. The Morgan fingerprint density at radius 1 is 0.966 bits per heavy atom. The predicted octanol–water partition coefficient (Wildman–Crippen LogP) is 4.35. The summed E-state index contributed by atoms with van der Waals surface area (Å²) in [7, 11) is 0. The highest BCUT2D eigenvalue weighted by molar-refractivity contribution is 6.07. The van der Waals surface area contributed by atoms with Gasteiger partial charge in [0.25, 0.3) is 5.91 Å². The molecule has 0 unspecified atom stereocenters. The van der Waals surface area contributed by atoms with Gasteiger partial charge in [-0.15, -0.1) is 0 Å². The fraction of sp³-hybridized carbons (Fsp3) is 0.130. The van der Waals surface area contributed by atoms with Crippen LogP contribution in [0.3, 0.4) is 0 Å². The summed E-state index contributed by atoms with van der Waals surface area (Å²) in [5.41, 5.74) is 3.61. The molecule has 29 heavy (non-hydrogen) atoms. The van der Waals surface area contributed by atoms with E-state index in [9.17, 15) is 14.0 Å². The monoisotopic (exact) mass is 389 g/mol. The van der Waals surface area contributed by atoms with Crippen molar-refractivity contribution in [2.45, 2.75) is 13.0 Å². The van der Waals surface area contributed by atoms with Gasteiger partial charge in [0.2, 0.25) is 0 Å². The zero-order valence-corrected chi connectivity index (χ0v) is 15.7. The second-order valence-electron chi connectivity index (χ2n) is 6.82. The number of amides is 3. The maximum absolute atomic E-state index is 13.6. The second-order valence-corrected chi connectivity index (χ2v) is 6.82. The lowest BCUT2D eigenvalue weighted by Gasteiger charge is -2.18. The fourth-order valence-electron chi connectivity index (χ4n) is 3.39. The van der Waals surface area contributed by atoms with E-state index < -0.39 is 11.8 Å². The van der Waals surface area contributed by atoms with Gasteiger partial charge >= 0.3 is 6.03 Å². The summed E-state index contributed by atoms with van der Waals surface area (Å²) in [6, 6.07) is 20.5. The Morgan fingerprint density at radius 2 is 1.72 bits per heavy atom. The number of nitrogens with zero attached hydrogens (tertiary/aromatic N) is 1. The maximum Gasteiger partial charge on any atom is 0.319 e. The lowest BCUT2D eigenvalue weighted by atomic mass is 10.1. The number of urea groups is 1. The van der Waals surface area contributed by atoms with E-state index in [0.717, 1.165) is 23.2 Å². The van der Waals surface area contributed by atoms with E-state index in [1.54, 1.807) is 29.2 Å². The summed E-state index contributed by atoms with van der Waals surface area (Å²) in [4.78, 5) is 26.7. The number of hydrogen-bond acceptors (Lipinski definition) is 2. The van der Waals surface area contributed by atoms with Gasteiger partial charge in [-0.25, -0.2) is 9.18 Å². The van der Waals surface area contributed by atoms with Crippen LogP contribution in [-0.4, -0.2) is 18.5 Å². The molecule has 4 rings (SSSR count). The molecule has 5 nitrogen and oxygen atoms in total. The number of anilines is 2. The van der Waals surface area contributed by atoms with Crippen molar-refractivity contribution < 1.29 is 14.0 Å². The normalized spacial score (nSPS) is 12.4. The average Bonchev–Trinajstić information content (AvgIpc) is 3.17. The molecule has 0 spiro atoms. The minimum Gasteiger partial charge on any atom is -0.334 e. The quantitative estimate of drug-likeness (QED) is 0.697. The van der Waals surface area contributed by atoms with Gasteiger partial charge in [0.15, 0.2) is 0 Å². The zero-order valence-electron chi connectivity index (χ0n) is 15.7. The largest absolute Gasteiger partial charge is 0.334 e. The van der Waals surface area contributed by atoms with Crippen molar-refractivity contribution in [1.29, 1.82) is 0 Å². The number of hydrogen-bond donors (Lipinski definition) is 2. The molecule has 0 aromatic heterocycles. The van der Waals surface area contributed by atoms with Crippen molar-refractivity contribution in [2.75, 3.05) is 16.8 Å². The minimum absolute atomic E-state index is 0.0354. The Hall–Kier alpha value is -3.67. The highest BCUT2D eigenvalue weighted by Gasteiger charge is 2.25. The molecule has 6 heteroatoms. The van der Waals surface area contributed by atoms with Crippen LogP contribution in [0.5, 0.6) is 0 Å². The van der Waals surface area contributed by atoms with Gasteiger partial charge in [-0.1, -0.05) is 42.5 Å². The molecule has 2 N–H and O–H groups in total. The van der Waals surface area contributed by atoms with Crippen molar-refractivity contribution in [3.05, 3.63) is 95.3 Å². The Bertz CT molecular complexity index is 1050. The molecule has 0 aliphatic carbocycles. The number of carbonyl (C=O) groups excluding carboxylic acids is 2. The molecular weight excluding hydrogens is 369 g/mol. The first-order valence-corrected chi connectivity index (χ1v) is 9.40. The smallest absolute Gasteiger partial charge is 0.319 e. The number of benzene rings is 3. The van der Waals surface area contributed by atoms with Crippen molar-refractivity contribution in [2.24, 2.45) is 0 Å². The van der Waals surface area contributed by atoms with Crippen molar-refractivity contribution in [3.63, 3.8) is 0 Å². The van der Waals surface area contributed by atoms with Gasteiger partial charge in [-0.3, -0.25) is 4.79 Å². The maximum atomic E-state index is 13.6. The van der Waals surface area contributed by atoms with E-state index in [-0.39, 0.29) is 18.1 Å². The summed E-state index contributed by atoms with van der Waals surface area (Å²) in [6.07, 6.45) is 0.801. The molecule has 0 fully saturated rings. The van der Waals surface area contributed by atoms with Gasteiger partial charge in [-0.05, 0) is 47.9 Å². The first-order valence-electron chi connectivity index (χ1n) is 9.40. The van der Waals surface area contributed by atoms with E-state index in [1.807, 2.05) is 36.4 Å². The SMILES string of the molecule is O=C(NCc1ccc2c(c1)N(C(=O)c1ccccc1)CC2)Nc1ccccc1F. The lowest BCUT2D eigenvalue weighted by molar-refractivity contribution is 0.0989. The molecular formula is C23H20FN3O2. The summed E-state index contributed by atoms with van der Waals surface area (Å²) < 4.78 is 13.6. The predicted molar refractivity (Wildman–Crippen MR) is 111 cm³/mol. The first-order chi connectivity index (χ1) is 14.1. The number of para-hydroxylation sites is 1. The van der Waals surface area contributed by atoms with E-state index in [2.05, 4.69) is 10.6 Å². The highest BCUT2D eigenvalue weighted by atomic mass is 19.1. The molecule has 1 heterocycles. The molecule has 0 bridgehead atoms. The molecule has 3 amide bonds. The Labute approximate surface area is 168 Å². The van der Waals surface area contributed by atoms with Gasteiger partial charge in [0.1, 0.15) is 5.82 Å². The molecule has 0 radical (unpaired) electrons. The summed E-state index contributed by atoms with van der Waals surface area (Å²) >= 11 is 0. The fourth-order valence-corrected chi connectivity index (χ4v) is 3.39. The van der Waals surface area contributed by atoms with Crippen LogP contribution in [0.1, 0.15) is 21.5 Å². The molecule has 0 atom stereocenters. The molecule has 3 aromatic rings. The zero-order chi connectivity index (χ0) is 20.2. The van der Waals surface area contributed by atoms with E-state index in [4.69, 9.17) is 0 Å². The van der Waals surface area contributed by atoms with Crippen LogP contribution >= 0.6 is 0 Å².